The fourth-order valence-corrected chi connectivity index (χ4v) is 2.24. The molecular formula is C10H11NO4S. The van der Waals surface area contributed by atoms with Gasteiger partial charge in [0.1, 0.15) is 4.88 Å². The van der Waals surface area contributed by atoms with Crippen LogP contribution in [-0.2, 0) is 9.53 Å². The summed E-state index contributed by atoms with van der Waals surface area (Å²) in [4.78, 5) is 22.7. The van der Waals surface area contributed by atoms with E-state index in [0.717, 1.165) is 11.3 Å². The number of thiophene rings is 1. The molecule has 0 saturated carbocycles. The van der Waals surface area contributed by atoms with Crippen molar-refractivity contribution >= 4 is 28.9 Å². The predicted octanol–water partition coefficient (Wildman–Crippen LogP) is 1.42. The number of rotatable bonds is 3. The van der Waals surface area contributed by atoms with E-state index in [9.17, 15) is 9.59 Å². The van der Waals surface area contributed by atoms with Gasteiger partial charge in [-0.2, -0.15) is 0 Å². The van der Waals surface area contributed by atoms with Crippen LogP contribution in [0.3, 0.4) is 0 Å². The van der Waals surface area contributed by atoms with Gasteiger partial charge in [0.2, 0.25) is 5.91 Å². The molecule has 0 spiro atoms. The predicted molar refractivity (Wildman–Crippen MR) is 58.8 cm³/mol. The van der Waals surface area contributed by atoms with Crippen LogP contribution in [0, 0.1) is 5.92 Å². The van der Waals surface area contributed by atoms with Crippen molar-refractivity contribution in [3.8, 4) is 0 Å². The fourth-order valence-electron chi connectivity index (χ4n) is 1.55. The van der Waals surface area contributed by atoms with Crippen LogP contribution in [-0.4, -0.2) is 30.2 Å². The third kappa shape index (κ3) is 2.23. The Balaban J connectivity index is 2.05. The molecule has 1 saturated heterocycles. The van der Waals surface area contributed by atoms with Crippen LogP contribution in [0.15, 0.2) is 11.4 Å². The number of carbonyl (C=O) groups excluding carboxylic acids is 1. The van der Waals surface area contributed by atoms with Crippen molar-refractivity contribution in [1.29, 1.82) is 0 Å². The average molecular weight is 241 g/mol. The van der Waals surface area contributed by atoms with Gasteiger partial charge in [-0.05, 0) is 17.9 Å². The number of hydrogen-bond acceptors (Lipinski definition) is 4. The molecule has 1 aromatic rings. The van der Waals surface area contributed by atoms with Crippen molar-refractivity contribution in [3.63, 3.8) is 0 Å². The summed E-state index contributed by atoms with van der Waals surface area (Å²) < 4.78 is 5.10. The van der Waals surface area contributed by atoms with E-state index in [0.29, 0.717) is 25.3 Å². The minimum atomic E-state index is -1.02. The van der Waals surface area contributed by atoms with E-state index in [2.05, 4.69) is 5.32 Å². The zero-order chi connectivity index (χ0) is 11.5. The molecule has 1 unspecified atom stereocenters. The molecule has 1 aliphatic heterocycles. The average Bonchev–Trinajstić information content (AvgIpc) is 2.86. The number of amides is 1. The molecule has 1 amide bonds. The number of nitrogens with one attached hydrogen (secondary N) is 1. The molecule has 0 aromatic carbocycles. The number of carboxylic acids is 1. The maximum absolute atomic E-state index is 11.7. The number of carbonyl (C=O) groups is 2. The second kappa shape index (κ2) is 4.63. The van der Waals surface area contributed by atoms with E-state index < -0.39 is 5.97 Å². The fraction of sp³-hybridized carbons (Fsp3) is 0.400. The van der Waals surface area contributed by atoms with E-state index in [1.807, 2.05) is 0 Å². The second-order valence-electron chi connectivity index (χ2n) is 3.52. The standard InChI is InChI=1S/C10H11NO4S/c12-9(6-1-3-15-5-6)11-7-2-4-16-8(7)10(13)14/h2,4,6H,1,3,5H2,(H,11,12)(H,13,14). The van der Waals surface area contributed by atoms with Gasteiger partial charge in [0.15, 0.2) is 0 Å². The Morgan fingerprint density at radius 2 is 2.38 bits per heavy atom. The second-order valence-corrected chi connectivity index (χ2v) is 4.43. The van der Waals surface area contributed by atoms with Gasteiger partial charge in [0.25, 0.3) is 0 Å². The van der Waals surface area contributed by atoms with Crippen molar-refractivity contribution < 1.29 is 19.4 Å². The van der Waals surface area contributed by atoms with Gasteiger partial charge in [0, 0.05) is 6.61 Å². The molecule has 1 fully saturated rings. The Labute approximate surface area is 96.0 Å². The molecule has 0 radical (unpaired) electrons. The Morgan fingerprint density at radius 1 is 1.56 bits per heavy atom. The summed E-state index contributed by atoms with van der Waals surface area (Å²) in [7, 11) is 0. The summed E-state index contributed by atoms with van der Waals surface area (Å²) in [5.74, 6) is -1.35. The topological polar surface area (TPSA) is 75.6 Å². The highest BCUT2D eigenvalue weighted by molar-refractivity contribution is 7.12. The van der Waals surface area contributed by atoms with Crippen LogP contribution in [0.2, 0.25) is 0 Å². The minimum Gasteiger partial charge on any atom is -0.477 e. The first kappa shape index (κ1) is 11.1. The molecule has 0 aliphatic carbocycles. The molecule has 0 bridgehead atoms. The lowest BCUT2D eigenvalue weighted by molar-refractivity contribution is -0.119. The number of aromatic carboxylic acids is 1. The van der Waals surface area contributed by atoms with Crippen molar-refractivity contribution in [2.45, 2.75) is 6.42 Å². The zero-order valence-corrected chi connectivity index (χ0v) is 9.25. The summed E-state index contributed by atoms with van der Waals surface area (Å²) in [5, 5.41) is 13.1. The third-order valence-electron chi connectivity index (χ3n) is 2.42. The SMILES string of the molecule is O=C(O)c1sccc1NC(=O)C1CCOC1. The Bertz CT molecular complexity index is 409. The molecule has 1 atom stereocenters. The molecule has 6 heteroatoms. The van der Waals surface area contributed by atoms with Crippen LogP contribution in [0.5, 0.6) is 0 Å². The van der Waals surface area contributed by atoms with Crippen molar-refractivity contribution in [2.24, 2.45) is 5.92 Å². The van der Waals surface area contributed by atoms with Gasteiger partial charge in [-0.15, -0.1) is 11.3 Å². The number of anilines is 1. The Morgan fingerprint density at radius 3 is 3.00 bits per heavy atom. The first-order chi connectivity index (χ1) is 7.68. The van der Waals surface area contributed by atoms with Crippen LogP contribution in [0.25, 0.3) is 0 Å². The summed E-state index contributed by atoms with van der Waals surface area (Å²) in [5.41, 5.74) is 0.370. The van der Waals surface area contributed by atoms with E-state index >= 15 is 0 Å². The maximum Gasteiger partial charge on any atom is 0.348 e. The highest BCUT2D eigenvalue weighted by atomic mass is 32.1. The third-order valence-corrected chi connectivity index (χ3v) is 3.32. The maximum atomic E-state index is 11.7. The van der Waals surface area contributed by atoms with Gasteiger partial charge < -0.3 is 15.2 Å². The van der Waals surface area contributed by atoms with E-state index in [1.165, 1.54) is 0 Å². The van der Waals surface area contributed by atoms with Gasteiger partial charge in [-0.3, -0.25) is 4.79 Å². The van der Waals surface area contributed by atoms with Crippen molar-refractivity contribution in [2.75, 3.05) is 18.5 Å². The lowest BCUT2D eigenvalue weighted by atomic mass is 10.1. The summed E-state index contributed by atoms with van der Waals surface area (Å²) >= 11 is 1.10. The number of ether oxygens (including phenoxy) is 1. The van der Waals surface area contributed by atoms with E-state index in [1.54, 1.807) is 11.4 Å². The van der Waals surface area contributed by atoms with Crippen LogP contribution < -0.4 is 5.32 Å². The number of hydrogen-bond donors (Lipinski definition) is 2. The molecule has 2 rings (SSSR count). The summed E-state index contributed by atoms with van der Waals surface area (Å²) in [6, 6.07) is 1.60. The molecule has 5 nitrogen and oxygen atoms in total. The highest BCUT2D eigenvalue weighted by Crippen LogP contribution is 2.23. The molecule has 1 aromatic heterocycles. The largest absolute Gasteiger partial charge is 0.477 e. The van der Waals surface area contributed by atoms with Gasteiger partial charge in [-0.1, -0.05) is 0 Å². The molecule has 2 N–H and O–H groups in total. The van der Waals surface area contributed by atoms with Crippen LogP contribution in [0.1, 0.15) is 16.1 Å². The van der Waals surface area contributed by atoms with Crippen LogP contribution >= 0.6 is 11.3 Å². The lowest BCUT2D eigenvalue weighted by Gasteiger charge is -2.08. The Kier molecular flexibility index (Phi) is 3.21. The first-order valence-corrected chi connectivity index (χ1v) is 5.76. The zero-order valence-electron chi connectivity index (χ0n) is 8.43. The summed E-state index contributed by atoms with van der Waals surface area (Å²) in [6.07, 6.45) is 0.693. The highest BCUT2D eigenvalue weighted by Gasteiger charge is 2.24. The normalized spacial score (nSPS) is 19.6. The van der Waals surface area contributed by atoms with Gasteiger partial charge in [-0.25, -0.2) is 4.79 Å². The number of carboxylic acid groups (broad SMARTS) is 1. The molecule has 16 heavy (non-hydrogen) atoms. The van der Waals surface area contributed by atoms with E-state index in [4.69, 9.17) is 9.84 Å². The minimum absolute atomic E-state index is 0.160. The van der Waals surface area contributed by atoms with Gasteiger partial charge in [0.05, 0.1) is 18.2 Å². The molecule has 2 heterocycles. The Hall–Kier alpha value is -1.40. The van der Waals surface area contributed by atoms with Crippen molar-refractivity contribution in [1.82, 2.24) is 0 Å². The van der Waals surface area contributed by atoms with Crippen molar-refractivity contribution in [3.05, 3.63) is 16.3 Å². The smallest absolute Gasteiger partial charge is 0.348 e. The molecule has 86 valence electrons. The lowest BCUT2D eigenvalue weighted by Crippen LogP contribution is -2.23. The monoisotopic (exact) mass is 241 g/mol. The van der Waals surface area contributed by atoms with Crippen LogP contribution in [0.4, 0.5) is 5.69 Å². The molecular weight excluding hydrogens is 230 g/mol. The quantitative estimate of drug-likeness (QED) is 0.839. The summed E-state index contributed by atoms with van der Waals surface area (Å²) in [6.45, 7) is 1.01. The molecule has 1 aliphatic rings. The first-order valence-electron chi connectivity index (χ1n) is 4.88. The van der Waals surface area contributed by atoms with Gasteiger partial charge >= 0.3 is 5.97 Å². The van der Waals surface area contributed by atoms with E-state index in [-0.39, 0.29) is 16.7 Å².